The fourth-order valence-electron chi connectivity index (χ4n) is 2.55. The topological polar surface area (TPSA) is 84.6 Å². The lowest BCUT2D eigenvalue weighted by molar-refractivity contribution is -0.0276. The molecule has 1 unspecified atom stereocenters. The molecule has 122 valence electrons. The van der Waals surface area contributed by atoms with Gasteiger partial charge in [-0.15, -0.1) is 0 Å². The van der Waals surface area contributed by atoms with Gasteiger partial charge in [0.25, 0.3) is 5.91 Å². The molecule has 1 fully saturated rings. The number of hydrogen-bond donors (Lipinski definition) is 0. The Hall–Kier alpha value is -2.48. The van der Waals surface area contributed by atoms with Gasteiger partial charge in [-0.3, -0.25) is 9.78 Å². The van der Waals surface area contributed by atoms with E-state index >= 15 is 0 Å². The van der Waals surface area contributed by atoms with Crippen LogP contribution in [-0.4, -0.2) is 59.7 Å². The first-order valence-electron chi connectivity index (χ1n) is 7.38. The second kappa shape index (κ2) is 6.33. The van der Waals surface area contributed by atoms with Crippen LogP contribution in [0.25, 0.3) is 0 Å². The van der Waals surface area contributed by atoms with Gasteiger partial charge < -0.3 is 19.1 Å². The van der Waals surface area contributed by atoms with Gasteiger partial charge in [0, 0.05) is 40.0 Å². The molecule has 0 radical (unpaired) electrons. The molecular formula is C15H19N5O3. The molecule has 1 atom stereocenters. The number of hydrogen-bond acceptors (Lipinski definition) is 7. The smallest absolute Gasteiger partial charge is 0.257 e. The van der Waals surface area contributed by atoms with Crippen molar-refractivity contribution < 1.29 is 14.1 Å². The van der Waals surface area contributed by atoms with Gasteiger partial charge in [-0.1, -0.05) is 5.16 Å². The highest BCUT2D eigenvalue weighted by atomic mass is 16.5. The standard InChI is InChI=1S/C15H19N5O3/c1-10-17-14(18-23-10)13-9-20(6-7-22-13)15(21)11-8-16-5-4-12(11)19(2)3/h4-5,8,13H,6-7,9H2,1-3H3. The molecule has 8 nitrogen and oxygen atoms in total. The molecular weight excluding hydrogens is 298 g/mol. The molecule has 8 heteroatoms. The number of ether oxygens (including phenoxy) is 1. The van der Waals surface area contributed by atoms with Crippen LogP contribution in [0.4, 0.5) is 5.69 Å². The van der Waals surface area contributed by atoms with E-state index in [0.29, 0.717) is 37.0 Å². The van der Waals surface area contributed by atoms with E-state index in [1.165, 1.54) is 0 Å². The van der Waals surface area contributed by atoms with E-state index in [2.05, 4.69) is 15.1 Å². The molecule has 1 amide bonds. The predicted octanol–water partition coefficient (Wildman–Crippen LogP) is 1.05. The second-order valence-electron chi connectivity index (χ2n) is 5.57. The summed E-state index contributed by atoms with van der Waals surface area (Å²) >= 11 is 0. The van der Waals surface area contributed by atoms with Crippen molar-refractivity contribution in [2.24, 2.45) is 0 Å². The molecule has 0 spiro atoms. The van der Waals surface area contributed by atoms with E-state index in [-0.39, 0.29) is 12.0 Å². The van der Waals surface area contributed by atoms with Crippen molar-refractivity contribution in [3.05, 3.63) is 35.7 Å². The van der Waals surface area contributed by atoms with Crippen molar-refractivity contribution in [2.75, 3.05) is 38.7 Å². The van der Waals surface area contributed by atoms with Gasteiger partial charge in [0.1, 0.15) is 6.10 Å². The Morgan fingerprint density at radius 3 is 2.96 bits per heavy atom. The third kappa shape index (κ3) is 3.16. The zero-order valence-corrected chi connectivity index (χ0v) is 13.4. The maximum atomic E-state index is 12.8. The molecule has 2 aromatic rings. The zero-order valence-electron chi connectivity index (χ0n) is 13.4. The second-order valence-corrected chi connectivity index (χ2v) is 5.57. The molecule has 3 heterocycles. The lowest BCUT2D eigenvalue weighted by Crippen LogP contribution is -2.43. The normalized spacial score (nSPS) is 18.0. The summed E-state index contributed by atoms with van der Waals surface area (Å²) in [4.78, 5) is 24.7. The molecule has 2 aromatic heterocycles. The van der Waals surface area contributed by atoms with Gasteiger partial charge in [-0.05, 0) is 6.07 Å². The summed E-state index contributed by atoms with van der Waals surface area (Å²) in [5.74, 6) is 0.878. The van der Waals surface area contributed by atoms with Crippen LogP contribution in [0.5, 0.6) is 0 Å². The fraction of sp³-hybridized carbons (Fsp3) is 0.467. The molecule has 1 aliphatic heterocycles. The minimum absolute atomic E-state index is 0.0738. The number of carbonyl (C=O) groups is 1. The van der Waals surface area contributed by atoms with Gasteiger partial charge in [0.05, 0.1) is 24.4 Å². The van der Waals surface area contributed by atoms with Gasteiger partial charge in [-0.2, -0.15) is 4.98 Å². The van der Waals surface area contributed by atoms with E-state index in [1.807, 2.05) is 25.1 Å². The van der Waals surface area contributed by atoms with E-state index < -0.39 is 0 Å². The number of anilines is 1. The number of nitrogens with zero attached hydrogens (tertiary/aromatic N) is 5. The Labute approximate surface area is 134 Å². The summed E-state index contributed by atoms with van der Waals surface area (Å²) in [7, 11) is 3.80. The summed E-state index contributed by atoms with van der Waals surface area (Å²) < 4.78 is 10.7. The third-order valence-corrected chi connectivity index (χ3v) is 3.70. The Balaban J connectivity index is 1.80. The van der Waals surface area contributed by atoms with Gasteiger partial charge in [0.15, 0.2) is 0 Å². The fourth-order valence-corrected chi connectivity index (χ4v) is 2.55. The maximum Gasteiger partial charge on any atom is 0.257 e. The molecule has 0 aliphatic carbocycles. The predicted molar refractivity (Wildman–Crippen MR) is 82.2 cm³/mol. The number of pyridine rings is 1. The third-order valence-electron chi connectivity index (χ3n) is 3.70. The summed E-state index contributed by atoms with van der Waals surface area (Å²) in [5.41, 5.74) is 1.41. The van der Waals surface area contributed by atoms with Crippen molar-refractivity contribution in [1.82, 2.24) is 20.0 Å². The van der Waals surface area contributed by atoms with E-state index in [4.69, 9.17) is 9.26 Å². The van der Waals surface area contributed by atoms with Crippen LogP contribution in [0.15, 0.2) is 23.0 Å². The zero-order chi connectivity index (χ0) is 16.4. The molecule has 3 rings (SSSR count). The first kappa shape index (κ1) is 15.4. The lowest BCUT2D eigenvalue weighted by atomic mass is 10.1. The van der Waals surface area contributed by atoms with Crippen LogP contribution in [0, 0.1) is 6.92 Å². The average Bonchev–Trinajstić information content (AvgIpc) is 3.01. The highest BCUT2D eigenvalue weighted by molar-refractivity contribution is 5.99. The van der Waals surface area contributed by atoms with Crippen molar-refractivity contribution in [3.8, 4) is 0 Å². The number of aryl methyl sites for hydroxylation is 1. The van der Waals surface area contributed by atoms with E-state index in [0.717, 1.165) is 5.69 Å². The number of rotatable bonds is 3. The Morgan fingerprint density at radius 1 is 1.43 bits per heavy atom. The SMILES string of the molecule is Cc1nc(C2CN(C(=O)c3cnccc3N(C)C)CCO2)no1. The number of amides is 1. The maximum absolute atomic E-state index is 12.8. The first-order chi connectivity index (χ1) is 11.1. The molecule has 1 aliphatic rings. The minimum Gasteiger partial charge on any atom is -0.377 e. The largest absolute Gasteiger partial charge is 0.377 e. The van der Waals surface area contributed by atoms with Crippen molar-refractivity contribution in [1.29, 1.82) is 0 Å². The van der Waals surface area contributed by atoms with Gasteiger partial charge >= 0.3 is 0 Å². The summed E-state index contributed by atoms with van der Waals surface area (Å²) in [6.07, 6.45) is 2.90. The summed E-state index contributed by atoms with van der Waals surface area (Å²) in [6, 6.07) is 1.83. The van der Waals surface area contributed by atoms with Crippen molar-refractivity contribution in [2.45, 2.75) is 13.0 Å². The quantitative estimate of drug-likeness (QED) is 0.836. The van der Waals surface area contributed by atoms with Crippen molar-refractivity contribution >= 4 is 11.6 Å². The van der Waals surface area contributed by atoms with Gasteiger partial charge in [0.2, 0.25) is 11.7 Å². The monoisotopic (exact) mass is 317 g/mol. The summed E-state index contributed by atoms with van der Waals surface area (Å²) in [5, 5.41) is 3.88. The number of morpholine rings is 1. The molecule has 0 N–H and O–H groups in total. The number of carbonyl (C=O) groups excluding carboxylic acids is 1. The Morgan fingerprint density at radius 2 is 2.26 bits per heavy atom. The average molecular weight is 317 g/mol. The molecule has 23 heavy (non-hydrogen) atoms. The van der Waals surface area contributed by atoms with Crippen LogP contribution < -0.4 is 4.90 Å². The van der Waals surface area contributed by atoms with E-state index in [9.17, 15) is 4.79 Å². The highest BCUT2D eigenvalue weighted by Crippen LogP contribution is 2.24. The minimum atomic E-state index is -0.371. The Kier molecular flexibility index (Phi) is 4.24. The van der Waals surface area contributed by atoms with Crippen LogP contribution in [0.2, 0.25) is 0 Å². The van der Waals surface area contributed by atoms with E-state index in [1.54, 1.807) is 24.2 Å². The molecule has 0 bridgehead atoms. The van der Waals surface area contributed by atoms with Gasteiger partial charge in [-0.25, -0.2) is 0 Å². The van der Waals surface area contributed by atoms with Crippen LogP contribution >= 0.6 is 0 Å². The number of aromatic nitrogens is 3. The summed E-state index contributed by atoms with van der Waals surface area (Å²) in [6.45, 7) is 3.07. The van der Waals surface area contributed by atoms with Crippen LogP contribution in [0.3, 0.4) is 0 Å². The van der Waals surface area contributed by atoms with Crippen molar-refractivity contribution in [3.63, 3.8) is 0 Å². The van der Waals surface area contributed by atoms with Crippen LogP contribution in [-0.2, 0) is 4.74 Å². The first-order valence-corrected chi connectivity index (χ1v) is 7.38. The molecule has 0 aromatic carbocycles. The highest BCUT2D eigenvalue weighted by Gasteiger charge is 2.30. The molecule has 0 saturated carbocycles. The van der Waals surface area contributed by atoms with Crippen LogP contribution in [0.1, 0.15) is 28.2 Å². The lowest BCUT2D eigenvalue weighted by Gasteiger charge is -2.32. The molecule has 1 saturated heterocycles. The Bertz CT molecular complexity index is 700.